The summed E-state index contributed by atoms with van der Waals surface area (Å²) in [5.74, 6) is 0. The predicted molar refractivity (Wildman–Crippen MR) is 150 cm³/mol. The Morgan fingerprint density at radius 3 is 1.74 bits per heavy atom. The van der Waals surface area contributed by atoms with Crippen molar-refractivity contribution in [2.24, 2.45) is 0 Å². The van der Waals surface area contributed by atoms with Gasteiger partial charge in [-0.05, 0) is 75.4 Å². The molecule has 0 aliphatic rings. The quantitative estimate of drug-likeness (QED) is 0.252. The van der Waals surface area contributed by atoms with Crippen molar-refractivity contribution < 1.29 is 5.48 Å². The monoisotopic (exact) mass is 451 g/mol. The van der Waals surface area contributed by atoms with Crippen LogP contribution in [-0.4, -0.2) is 0 Å². The van der Waals surface area contributed by atoms with Gasteiger partial charge in [0.05, 0.1) is 5.48 Å². The fraction of sp³-hybridized carbons (Fsp3) is 0. The molecule has 35 heavy (non-hydrogen) atoms. The summed E-state index contributed by atoms with van der Waals surface area (Å²) in [5, 5.41) is 2.32. The topological polar surface area (TPSA) is 3.24 Å². The zero-order valence-electron chi connectivity index (χ0n) is 23.1. The highest BCUT2D eigenvalue weighted by molar-refractivity contribution is 5.88. The van der Waals surface area contributed by atoms with Crippen LogP contribution in [0.3, 0.4) is 0 Å². The predicted octanol–water partition coefficient (Wildman–Crippen LogP) is 9.64. The molecule has 0 aromatic heterocycles. The molecular formula is C34H25N. The molecule has 0 N–H and O–H groups in total. The summed E-state index contributed by atoms with van der Waals surface area (Å²) in [6.07, 6.45) is 0. The average Bonchev–Trinajstić information content (AvgIpc) is 2.99. The van der Waals surface area contributed by atoms with E-state index in [1.165, 1.54) is 5.39 Å². The zero-order valence-corrected chi connectivity index (χ0v) is 19.1. The highest BCUT2D eigenvalue weighted by Crippen LogP contribution is 2.37. The highest BCUT2D eigenvalue weighted by Gasteiger charge is 2.13. The van der Waals surface area contributed by atoms with Crippen LogP contribution in [0.5, 0.6) is 0 Å². The van der Waals surface area contributed by atoms with E-state index in [1.54, 1.807) is 0 Å². The first-order chi connectivity index (χ1) is 19.0. The fourth-order valence-electron chi connectivity index (χ4n) is 4.34. The normalized spacial score (nSPS) is 12.5. The minimum Gasteiger partial charge on any atom is -0.310 e. The molecule has 0 amide bonds. The fourth-order valence-corrected chi connectivity index (χ4v) is 4.34. The molecule has 0 saturated carbocycles. The Kier molecular flexibility index (Phi) is 4.50. The summed E-state index contributed by atoms with van der Waals surface area (Å²) < 4.78 is 35.8. The lowest BCUT2D eigenvalue weighted by molar-refractivity contribution is 1.28. The van der Waals surface area contributed by atoms with Crippen LogP contribution in [0.15, 0.2) is 152 Å². The maximum Gasteiger partial charge on any atom is 0.0645 e. The number of anilines is 3. The second-order valence-corrected chi connectivity index (χ2v) is 8.37. The van der Waals surface area contributed by atoms with Crippen molar-refractivity contribution in [3.8, 4) is 22.3 Å². The third-order valence-corrected chi connectivity index (χ3v) is 6.10. The molecule has 0 fully saturated rings. The Balaban J connectivity index is 1.55. The van der Waals surface area contributed by atoms with Crippen molar-refractivity contribution in [3.63, 3.8) is 0 Å². The van der Waals surface area contributed by atoms with Gasteiger partial charge < -0.3 is 4.90 Å². The second kappa shape index (κ2) is 9.32. The van der Waals surface area contributed by atoms with Gasteiger partial charge in [-0.15, -0.1) is 0 Å². The molecule has 6 rings (SSSR count). The van der Waals surface area contributed by atoms with E-state index in [9.17, 15) is 0 Å². The largest absolute Gasteiger partial charge is 0.310 e. The molecule has 0 atom stereocenters. The van der Waals surface area contributed by atoms with E-state index in [2.05, 4.69) is 30.3 Å². The number of para-hydroxylation sites is 1. The van der Waals surface area contributed by atoms with Gasteiger partial charge in [0.2, 0.25) is 0 Å². The van der Waals surface area contributed by atoms with Crippen molar-refractivity contribution in [1.29, 1.82) is 0 Å². The Morgan fingerprint density at radius 2 is 0.971 bits per heavy atom. The first-order valence-electron chi connectivity index (χ1n) is 13.6. The van der Waals surface area contributed by atoms with Gasteiger partial charge in [-0.3, -0.25) is 0 Å². The molecule has 1 heteroatoms. The minimum absolute atomic E-state index is 0.0659. The molecule has 0 spiro atoms. The van der Waals surface area contributed by atoms with Gasteiger partial charge in [-0.1, -0.05) is 109 Å². The summed E-state index contributed by atoms with van der Waals surface area (Å²) in [6, 6.07) is 41.0. The van der Waals surface area contributed by atoms with E-state index in [4.69, 9.17) is 5.48 Å². The van der Waals surface area contributed by atoms with Gasteiger partial charge in [0.25, 0.3) is 0 Å². The van der Waals surface area contributed by atoms with Crippen molar-refractivity contribution in [2.75, 3.05) is 4.90 Å². The molecule has 6 aromatic rings. The molecule has 6 aromatic carbocycles. The van der Waals surface area contributed by atoms with Crippen LogP contribution in [0.2, 0.25) is 0 Å². The maximum atomic E-state index is 9.03. The minimum atomic E-state index is -0.0881. The number of hydrogen-bond acceptors (Lipinski definition) is 1. The summed E-state index contributed by atoms with van der Waals surface area (Å²) in [4.78, 5) is 1.82. The van der Waals surface area contributed by atoms with Crippen molar-refractivity contribution in [2.45, 2.75) is 0 Å². The maximum absolute atomic E-state index is 9.03. The van der Waals surface area contributed by atoms with Gasteiger partial charge >= 0.3 is 0 Å². The molecule has 166 valence electrons. The Labute approximate surface area is 212 Å². The third-order valence-electron chi connectivity index (χ3n) is 6.10. The van der Waals surface area contributed by atoms with Crippen LogP contribution >= 0.6 is 0 Å². The number of fused-ring (bicyclic) bond motifs is 1. The van der Waals surface area contributed by atoms with Crippen LogP contribution < -0.4 is 4.90 Å². The van der Waals surface area contributed by atoms with Gasteiger partial charge in [-0.2, -0.15) is 0 Å². The Bertz CT molecular complexity index is 1770. The molecular weight excluding hydrogens is 422 g/mol. The summed E-state index contributed by atoms with van der Waals surface area (Å²) in [5.41, 5.74) is 4.73. The van der Waals surface area contributed by atoms with E-state index < -0.39 is 0 Å². The number of benzene rings is 6. The molecule has 1 nitrogen and oxygen atoms in total. The average molecular weight is 452 g/mol. The van der Waals surface area contributed by atoms with E-state index in [0.717, 1.165) is 27.9 Å². The molecule has 0 radical (unpaired) electrons. The lowest BCUT2D eigenvalue weighted by atomic mass is 10.0. The standard InChI is InChI=1S/C34H25N/c1-3-10-26(11-4-1)28-20-22-33(23-21-28)35(32-15-5-2-6-16-32)34-17-9-14-30(25-34)31-19-18-27-12-7-8-13-29(27)24-31/h1-25H/i20D,21D,22D,23D. The van der Waals surface area contributed by atoms with Crippen LogP contribution in [-0.2, 0) is 0 Å². The number of rotatable bonds is 5. The summed E-state index contributed by atoms with van der Waals surface area (Å²) >= 11 is 0. The number of nitrogens with zero attached hydrogens (tertiary/aromatic N) is 1. The number of hydrogen-bond donors (Lipinski definition) is 0. The summed E-state index contributed by atoms with van der Waals surface area (Å²) in [6.45, 7) is 0. The first-order valence-corrected chi connectivity index (χ1v) is 11.6. The van der Waals surface area contributed by atoms with Crippen molar-refractivity contribution in [1.82, 2.24) is 0 Å². The molecule has 0 aliphatic heterocycles. The van der Waals surface area contributed by atoms with Crippen molar-refractivity contribution in [3.05, 3.63) is 152 Å². The molecule has 0 aliphatic carbocycles. The SMILES string of the molecule is [2H]c1c([2H])c(N(c2ccccc2)c2cccc(-c3ccc4ccccc4c3)c2)c([2H])c([2H])c1-c1ccccc1. The van der Waals surface area contributed by atoms with E-state index in [1.807, 2.05) is 102 Å². The third kappa shape index (κ3) is 4.32. The highest BCUT2D eigenvalue weighted by atomic mass is 15.1. The Morgan fingerprint density at radius 1 is 0.371 bits per heavy atom. The molecule has 0 heterocycles. The van der Waals surface area contributed by atoms with Gasteiger partial charge in [0, 0.05) is 17.1 Å². The lowest BCUT2D eigenvalue weighted by Crippen LogP contribution is -2.09. The summed E-state index contributed by atoms with van der Waals surface area (Å²) in [7, 11) is 0. The van der Waals surface area contributed by atoms with Crippen LogP contribution in [0, 0.1) is 0 Å². The van der Waals surface area contributed by atoms with Crippen LogP contribution in [0.1, 0.15) is 5.48 Å². The molecule has 0 unspecified atom stereocenters. The molecule has 0 bridgehead atoms. The second-order valence-electron chi connectivity index (χ2n) is 8.37. The lowest BCUT2D eigenvalue weighted by Gasteiger charge is -2.26. The van der Waals surface area contributed by atoms with Gasteiger partial charge in [-0.25, -0.2) is 0 Å². The van der Waals surface area contributed by atoms with Gasteiger partial charge in [0.15, 0.2) is 0 Å². The zero-order chi connectivity index (χ0) is 26.9. The van der Waals surface area contributed by atoms with Crippen molar-refractivity contribution >= 4 is 27.8 Å². The van der Waals surface area contributed by atoms with E-state index in [0.29, 0.717) is 11.1 Å². The Hall–Kier alpha value is -4.62. The van der Waals surface area contributed by atoms with Gasteiger partial charge in [0.1, 0.15) is 0 Å². The van der Waals surface area contributed by atoms with E-state index in [-0.39, 0.29) is 29.9 Å². The van der Waals surface area contributed by atoms with Crippen LogP contribution in [0.25, 0.3) is 33.0 Å². The van der Waals surface area contributed by atoms with Crippen LogP contribution in [0.4, 0.5) is 17.1 Å². The smallest absolute Gasteiger partial charge is 0.0645 e. The first kappa shape index (κ1) is 16.9. The van der Waals surface area contributed by atoms with E-state index >= 15 is 0 Å². The molecule has 0 saturated heterocycles.